The van der Waals surface area contributed by atoms with Gasteiger partial charge in [-0.15, -0.1) is 0 Å². The summed E-state index contributed by atoms with van der Waals surface area (Å²) in [4.78, 5) is 54.3. The first-order chi connectivity index (χ1) is 16.8. The molecule has 3 aliphatic rings. The number of benzene rings is 2. The van der Waals surface area contributed by atoms with E-state index in [1.807, 2.05) is 49.4 Å². The van der Waals surface area contributed by atoms with Crippen LogP contribution in [-0.4, -0.2) is 35.1 Å². The van der Waals surface area contributed by atoms with E-state index in [9.17, 15) is 19.2 Å². The molecule has 2 aromatic carbocycles. The smallest absolute Gasteiger partial charge is 0.316 e. The van der Waals surface area contributed by atoms with Crippen LogP contribution in [0.3, 0.4) is 0 Å². The number of hydrogen-bond acceptors (Lipinski definition) is 5. The molecule has 0 N–H and O–H groups in total. The van der Waals surface area contributed by atoms with Gasteiger partial charge in [0.15, 0.2) is 0 Å². The van der Waals surface area contributed by atoms with E-state index in [1.165, 1.54) is 4.90 Å². The van der Waals surface area contributed by atoms with E-state index in [0.29, 0.717) is 36.4 Å². The predicted octanol–water partition coefficient (Wildman–Crippen LogP) is 3.97. The number of aryl methyl sites for hydroxylation is 1. The first kappa shape index (κ1) is 23.0. The maximum absolute atomic E-state index is 12.9. The quantitative estimate of drug-likeness (QED) is 0.285. The van der Waals surface area contributed by atoms with Crippen molar-refractivity contribution in [2.45, 2.75) is 39.2 Å². The largest absolute Gasteiger partial charge is 0.426 e. The average Bonchev–Trinajstić information content (AvgIpc) is 3.37. The van der Waals surface area contributed by atoms with Gasteiger partial charge >= 0.3 is 5.97 Å². The van der Waals surface area contributed by atoms with E-state index >= 15 is 0 Å². The molecule has 0 bridgehead atoms. The molecule has 5 rings (SSSR count). The summed E-state index contributed by atoms with van der Waals surface area (Å²) in [5.74, 6) is -1.70. The number of imide groups is 1. The van der Waals surface area contributed by atoms with Crippen LogP contribution in [0.15, 0.2) is 60.7 Å². The Bertz CT molecular complexity index is 1200. The summed E-state index contributed by atoms with van der Waals surface area (Å²) in [6.45, 7) is 4.05. The summed E-state index contributed by atoms with van der Waals surface area (Å²) in [5, 5.41) is 0. The minimum atomic E-state index is -0.550. The molecule has 0 unspecified atom stereocenters. The van der Waals surface area contributed by atoms with Crippen molar-refractivity contribution < 1.29 is 23.9 Å². The highest BCUT2D eigenvalue weighted by Gasteiger charge is 2.48. The number of amides is 3. The van der Waals surface area contributed by atoms with E-state index in [-0.39, 0.29) is 42.0 Å². The van der Waals surface area contributed by atoms with Crippen molar-refractivity contribution in [3.8, 4) is 5.75 Å². The Hall–Kier alpha value is -3.74. The second kappa shape index (κ2) is 9.13. The number of hydrogen-bond donors (Lipinski definition) is 0. The number of esters is 1. The Balaban J connectivity index is 1.26. The molecule has 35 heavy (non-hydrogen) atoms. The highest BCUT2D eigenvalue weighted by atomic mass is 16.5. The van der Waals surface area contributed by atoms with Crippen LogP contribution < -0.4 is 9.64 Å². The highest BCUT2D eigenvalue weighted by Crippen LogP contribution is 2.39. The van der Waals surface area contributed by atoms with E-state index in [4.69, 9.17) is 4.74 Å². The van der Waals surface area contributed by atoms with Crippen LogP contribution in [0.2, 0.25) is 0 Å². The Labute approximate surface area is 204 Å². The lowest BCUT2D eigenvalue weighted by atomic mass is 9.85. The molecule has 2 fully saturated rings. The number of rotatable bonds is 5. The van der Waals surface area contributed by atoms with Crippen LogP contribution in [0, 0.1) is 24.7 Å². The maximum Gasteiger partial charge on any atom is 0.316 e. The van der Waals surface area contributed by atoms with Crippen LogP contribution in [0.1, 0.15) is 43.4 Å². The molecule has 0 aromatic heterocycles. The summed E-state index contributed by atoms with van der Waals surface area (Å²) in [5.41, 5.74) is 2.21. The molecule has 4 atom stereocenters. The summed E-state index contributed by atoms with van der Waals surface area (Å²) < 4.78 is 5.61. The highest BCUT2D eigenvalue weighted by molar-refractivity contribution is 6.22. The Kier molecular flexibility index (Phi) is 6.01. The lowest BCUT2D eigenvalue weighted by Crippen LogP contribution is -2.31. The normalized spacial score (nSPS) is 24.6. The lowest BCUT2D eigenvalue weighted by molar-refractivity contribution is -0.139. The molecule has 2 saturated heterocycles. The Morgan fingerprint density at radius 3 is 2.26 bits per heavy atom. The van der Waals surface area contributed by atoms with Gasteiger partial charge < -0.3 is 9.64 Å². The molecule has 7 nitrogen and oxygen atoms in total. The zero-order valence-electron chi connectivity index (χ0n) is 19.8. The lowest BCUT2D eigenvalue weighted by Gasteiger charge is -2.25. The fourth-order valence-electron chi connectivity index (χ4n) is 5.35. The monoisotopic (exact) mass is 472 g/mol. The number of fused-ring (bicyclic) bond motifs is 1. The van der Waals surface area contributed by atoms with E-state index in [1.54, 1.807) is 30.0 Å². The molecule has 1 aliphatic carbocycles. The molecule has 2 aromatic rings. The third-order valence-electron chi connectivity index (χ3n) is 7.38. The van der Waals surface area contributed by atoms with Gasteiger partial charge in [-0.05, 0) is 56.0 Å². The first-order valence-corrected chi connectivity index (χ1v) is 12.0. The Morgan fingerprint density at radius 2 is 1.63 bits per heavy atom. The number of ether oxygens (including phenoxy) is 1. The first-order valence-electron chi connectivity index (χ1n) is 12.0. The van der Waals surface area contributed by atoms with E-state index < -0.39 is 11.9 Å². The zero-order valence-corrected chi connectivity index (χ0v) is 19.8. The van der Waals surface area contributed by atoms with Crippen molar-refractivity contribution in [1.29, 1.82) is 0 Å². The molecule has 0 spiro atoms. The maximum atomic E-state index is 12.9. The third kappa shape index (κ3) is 4.16. The summed E-state index contributed by atoms with van der Waals surface area (Å²) in [6.07, 6.45) is 5.20. The second-order valence-corrected chi connectivity index (χ2v) is 9.57. The van der Waals surface area contributed by atoms with Crippen molar-refractivity contribution in [2.24, 2.45) is 17.8 Å². The fourth-order valence-corrected chi connectivity index (χ4v) is 5.35. The molecular formula is C28H28N2O5. The predicted molar refractivity (Wildman–Crippen MR) is 129 cm³/mol. The number of nitrogens with zero attached hydrogens (tertiary/aromatic N) is 2. The fraction of sp³-hybridized carbons (Fsp3) is 0.357. The zero-order chi connectivity index (χ0) is 24.7. The van der Waals surface area contributed by atoms with Crippen molar-refractivity contribution in [3.05, 3.63) is 71.8 Å². The molecule has 2 heterocycles. The van der Waals surface area contributed by atoms with Gasteiger partial charge in [0.25, 0.3) is 0 Å². The van der Waals surface area contributed by atoms with Crippen molar-refractivity contribution >= 4 is 29.4 Å². The second-order valence-electron chi connectivity index (χ2n) is 9.57. The standard InChI is InChI=1S/C28H28N2O5/c1-17-14-21(12-13-24(17)30-26(32)22-10-6-7-11-23(22)27(30)33)35-28(34)20-15-25(31)29(16-20)18(2)19-8-4-3-5-9-19/h3-9,12-14,18,20,22-23H,10-11,15-16H2,1-2H3/t18-,20-,22+,23+/m1/s1. The summed E-state index contributed by atoms with van der Waals surface area (Å²) in [6, 6.07) is 14.5. The van der Waals surface area contributed by atoms with Gasteiger partial charge in [0, 0.05) is 13.0 Å². The minimum absolute atomic E-state index is 0.0724. The van der Waals surface area contributed by atoms with Crippen LogP contribution in [-0.2, 0) is 19.2 Å². The average molecular weight is 473 g/mol. The molecule has 3 amide bonds. The van der Waals surface area contributed by atoms with Gasteiger partial charge in [-0.2, -0.15) is 0 Å². The molecular weight excluding hydrogens is 444 g/mol. The van der Waals surface area contributed by atoms with Gasteiger partial charge in [-0.25, -0.2) is 4.90 Å². The van der Waals surface area contributed by atoms with Crippen LogP contribution in [0.25, 0.3) is 0 Å². The minimum Gasteiger partial charge on any atom is -0.426 e. The van der Waals surface area contributed by atoms with Crippen molar-refractivity contribution in [2.75, 3.05) is 11.4 Å². The number of carbonyl (C=O) groups excluding carboxylic acids is 4. The van der Waals surface area contributed by atoms with Crippen molar-refractivity contribution in [1.82, 2.24) is 4.90 Å². The number of allylic oxidation sites excluding steroid dienone is 2. The topological polar surface area (TPSA) is 84.0 Å². The van der Waals surface area contributed by atoms with Gasteiger partial charge in [0.05, 0.1) is 29.5 Å². The third-order valence-corrected chi connectivity index (χ3v) is 7.38. The van der Waals surface area contributed by atoms with Crippen LogP contribution >= 0.6 is 0 Å². The number of carbonyl (C=O) groups is 4. The van der Waals surface area contributed by atoms with Gasteiger partial charge in [0.1, 0.15) is 5.75 Å². The molecule has 180 valence electrons. The number of likely N-dealkylation sites (tertiary alicyclic amines) is 1. The molecule has 0 saturated carbocycles. The molecule has 0 radical (unpaired) electrons. The van der Waals surface area contributed by atoms with Crippen LogP contribution in [0.5, 0.6) is 5.75 Å². The molecule has 7 heteroatoms. The number of anilines is 1. The summed E-state index contributed by atoms with van der Waals surface area (Å²) >= 11 is 0. The summed E-state index contributed by atoms with van der Waals surface area (Å²) in [7, 11) is 0. The van der Waals surface area contributed by atoms with E-state index in [0.717, 1.165) is 5.56 Å². The van der Waals surface area contributed by atoms with Gasteiger partial charge in [-0.3, -0.25) is 19.2 Å². The molecule has 2 aliphatic heterocycles. The SMILES string of the molecule is Cc1cc(OC(=O)[C@@H]2CC(=O)N([C@H](C)c3ccccc3)C2)ccc1N1C(=O)[C@H]2CC=CC[C@@H]2C1=O. The van der Waals surface area contributed by atoms with Crippen molar-refractivity contribution in [3.63, 3.8) is 0 Å². The Morgan fingerprint density at radius 1 is 0.971 bits per heavy atom. The van der Waals surface area contributed by atoms with E-state index in [2.05, 4.69) is 0 Å². The van der Waals surface area contributed by atoms with Gasteiger partial charge in [0.2, 0.25) is 17.7 Å². The van der Waals surface area contributed by atoms with Crippen LogP contribution in [0.4, 0.5) is 5.69 Å². The van der Waals surface area contributed by atoms with Gasteiger partial charge in [-0.1, -0.05) is 42.5 Å².